The third kappa shape index (κ3) is 36.0. The van der Waals surface area contributed by atoms with Crippen molar-refractivity contribution in [3.63, 3.8) is 0 Å². The van der Waals surface area contributed by atoms with Crippen LogP contribution in [0.4, 0.5) is 0 Å². The van der Waals surface area contributed by atoms with Gasteiger partial charge in [0.15, 0.2) is 0 Å². The standard InChI is InChI=1S/C44H92P.ClH/c1-5-9-13-15-17-19-21-23-25-27-29-31-33-35-37-39-43-45(41-11-7-3,42-12-8-4)44-40-38-36-34-32-30-28-26-24-22-20-18-16-14-10-6-2;/h5-44H2,1-4H3;1H/q+1;/p-1. The Labute approximate surface area is 302 Å². The lowest BCUT2D eigenvalue weighted by Crippen LogP contribution is -3.00. The van der Waals surface area contributed by atoms with Crippen LogP contribution in [0, 0.1) is 0 Å². The van der Waals surface area contributed by atoms with Crippen LogP contribution < -0.4 is 12.4 Å². The van der Waals surface area contributed by atoms with Gasteiger partial charge in [-0.25, -0.2) is 0 Å². The highest BCUT2D eigenvalue weighted by molar-refractivity contribution is 7.75. The molecule has 0 aromatic carbocycles. The number of halogens is 1. The maximum absolute atomic E-state index is 2.43. The topological polar surface area (TPSA) is 0 Å². The van der Waals surface area contributed by atoms with Gasteiger partial charge in [0, 0.05) is 7.26 Å². The highest BCUT2D eigenvalue weighted by Crippen LogP contribution is 2.61. The molecule has 2 heteroatoms. The lowest BCUT2D eigenvalue weighted by Gasteiger charge is -2.28. The van der Waals surface area contributed by atoms with Crippen LogP contribution in [0.1, 0.15) is 259 Å². The Morgan fingerprint density at radius 1 is 0.196 bits per heavy atom. The van der Waals surface area contributed by atoms with Crippen LogP contribution in [0.15, 0.2) is 0 Å². The minimum absolute atomic E-state index is 0. The van der Waals surface area contributed by atoms with Gasteiger partial charge in [0.2, 0.25) is 0 Å². The summed E-state index contributed by atoms with van der Waals surface area (Å²) in [5.41, 5.74) is 0. The van der Waals surface area contributed by atoms with Crippen molar-refractivity contribution in [2.75, 3.05) is 24.6 Å². The molecule has 280 valence electrons. The van der Waals surface area contributed by atoms with Crippen molar-refractivity contribution >= 4 is 7.26 Å². The Kier molecular flexibility index (Phi) is 44.5. The van der Waals surface area contributed by atoms with E-state index < -0.39 is 7.26 Å². The van der Waals surface area contributed by atoms with Crippen LogP contribution in [-0.4, -0.2) is 24.6 Å². The fourth-order valence-electron chi connectivity index (χ4n) is 7.65. The number of unbranched alkanes of at least 4 members (excludes halogenated alkanes) is 32. The molecule has 0 heterocycles. The zero-order chi connectivity index (χ0) is 32.8. The molecule has 46 heavy (non-hydrogen) atoms. The van der Waals surface area contributed by atoms with Crippen LogP contribution in [0.3, 0.4) is 0 Å². The summed E-state index contributed by atoms with van der Waals surface area (Å²) in [7, 11) is -0.706. The molecule has 0 aromatic heterocycles. The minimum Gasteiger partial charge on any atom is -1.00 e. The van der Waals surface area contributed by atoms with E-state index in [4.69, 9.17) is 0 Å². The van der Waals surface area contributed by atoms with E-state index in [9.17, 15) is 0 Å². The van der Waals surface area contributed by atoms with Crippen molar-refractivity contribution in [3.8, 4) is 0 Å². The maximum Gasteiger partial charge on any atom is 0.0594 e. The Hall–Kier alpha value is 0.720. The third-order valence-corrected chi connectivity index (χ3v) is 16.0. The quantitative estimate of drug-likeness (QED) is 0.0444. The van der Waals surface area contributed by atoms with Gasteiger partial charge in [-0.15, -0.1) is 0 Å². The van der Waals surface area contributed by atoms with E-state index in [0.717, 1.165) is 0 Å². The Balaban J connectivity index is 0. The summed E-state index contributed by atoms with van der Waals surface area (Å²) in [5, 5.41) is 0. The monoisotopic (exact) mass is 687 g/mol. The molecule has 0 bridgehead atoms. The summed E-state index contributed by atoms with van der Waals surface area (Å²) < 4.78 is 0. The molecule has 0 unspecified atom stereocenters. The first-order valence-electron chi connectivity index (χ1n) is 22.1. The molecule has 0 aromatic rings. The number of rotatable bonds is 40. The van der Waals surface area contributed by atoms with Crippen molar-refractivity contribution in [2.45, 2.75) is 259 Å². The largest absolute Gasteiger partial charge is 1.00 e. The molecule has 0 atom stereocenters. The van der Waals surface area contributed by atoms with Crippen molar-refractivity contribution < 1.29 is 12.4 Å². The Morgan fingerprint density at radius 2 is 0.348 bits per heavy atom. The zero-order valence-corrected chi connectivity index (χ0v) is 34.8. The molecule has 0 N–H and O–H groups in total. The summed E-state index contributed by atoms with van der Waals surface area (Å²) in [6, 6.07) is 0. The first-order valence-corrected chi connectivity index (χ1v) is 24.6. The molecule has 0 radical (unpaired) electrons. The minimum atomic E-state index is -0.706. The first-order chi connectivity index (χ1) is 22.2. The van der Waals surface area contributed by atoms with Crippen LogP contribution in [0.25, 0.3) is 0 Å². The second-order valence-electron chi connectivity index (χ2n) is 15.5. The molecule has 0 aliphatic heterocycles. The van der Waals surface area contributed by atoms with Crippen molar-refractivity contribution in [1.29, 1.82) is 0 Å². The number of hydrogen-bond donors (Lipinski definition) is 0. The summed E-state index contributed by atoms with van der Waals surface area (Å²) >= 11 is 0. The summed E-state index contributed by atoms with van der Waals surface area (Å²) in [4.78, 5) is 0. The fraction of sp³-hybridized carbons (Fsp3) is 1.00. The molecule has 0 nitrogen and oxygen atoms in total. The van der Waals surface area contributed by atoms with Crippen LogP contribution in [0.5, 0.6) is 0 Å². The molecule has 0 spiro atoms. The summed E-state index contributed by atoms with van der Waals surface area (Å²) in [6.07, 6.45) is 60.0. The predicted molar refractivity (Wildman–Crippen MR) is 215 cm³/mol. The Morgan fingerprint density at radius 3 is 0.543 bits per heavy atom. The summed E-state index contributed by atoms with van der Waals surface area (Å²) in [6.45, 7) is 9.49. The molecule has 0 saturated heterocycles. The smallest absolute Gasteiger partial charge is 0.0594 e. The lowest BCUT2D eigenvalue weighted by atomic mass is 10.0. The van der Waals surface area contributed by atoms with E-state index in [1.165, 1.54) is 218 Å². The molecule has 0 rings (SSSR count). The van der Waals surface area contributed by atoms with E-state index in [1.54, 1.807) is 37.5 Å². The van der Waals surface area contributed by atoms with Crippen molar-refractivity contribution in [3.05, 3.63) is 0 Å². The highest BCUT2D eigenvalue weighted by Gasteiger charge is 2.34. The molecule has 0 aliphatic rings. The molecule has 0 fully saturated rings. The van der Waals surface area contributed by atoms with Gasteiger partial charge in [-0.05, 0) is 38.5 Å². The maximum atomic E-state index is 2.43. The van der Waals surface area contributed by atoms with Gasteiger partial charge in [0.25, 0.3) is 0 Å². The van der Waals surface area contributed by atoms with Gasteiger partial charge in [-0.1, -0.05) is 220 Å². The van der Waals surface area contributed by atoms with E-state index >= 15 is 0 Å². The van der Waals surface area contributed by atoms with Gasteiger partial charge < -0.3 is 12.4 Å². The SMILES string of the molecule is CCCCCCCCCCCCCCCCCC[P+](CCCC)(CCCC)CCCCCCCCCCCCCCCCCC.[Cl-]. The first kappa shape index (κ1) is 48.8. The van der Waals surface area contributed by atoms with Gasteiger partial charge in [0.1, 0.15) is 0 Å². The molecular formula is C44H92ClP. The average Bonchev–Trinajstić information content (AvgIpc) is 3.05. The molecule has 0 aliphatic carbocycles. The van der Waals surface area contributed by atoms with Gasteiger partial charge >= 0.3 is 0 Å². The van der Waals surface area contributed by atoms with Crippen molar-refractivity contribution in [1.82, 2.24) is 0 Å². The normalized spacial score (nSPS) is 11.7. The van der Waals surface area contributed by atoms with E-state index in [-0.39, 0.29) is 12.4 Å². The average molecular weight is 688 g/mol. The van der Waals surface area contributed by atoms with E-state index in [2.05, 4.69) is 27.7 Å². The third-order valence-electron chi connectivity index (χ3n) is 10.9. The molecule has 0 amide bonds. The lowest BCUT2D eigenvalue weighted by molar-refractivity contribution is -0.0000102. The fourth-order valence-corrected chi connectivity index (χ4v) is 12.8. The Bertz CT molecular complexity index is 474. The van der Waals surface area contributed by atoms with E-state index in [1.807, 2.05) is 0 Å². The summed E-state index contributed by atoms with van der Waals surface area (Å²) in [5.74, 6) is 0. The molecular weight excluding hydrogens is 595 g/mol. The second kappa shape index (κ2) is 41.9. The highest BCUT2D eigenvalue weighted by atomic mass is 35.5. The van der Waals surface area contributed by atoms with Crippen LogP contribution in [0.2, 0.25) is 0 Å². The van der Waals surface area contributed by atoms with Crippen molar-refractivity contribution in [2.24, 2.45) is 0 Å². The molecule has 0 saturated carbocycles. The predicted octanol–water partition coefficient (Wildman–Crippen LogP) is 14.1. The zero-order valence-electron chi connectivity index (χ0n) is 33.1. The van der Waals surface area contributed by atoms with Crippen LogP contribution in [-0.2, 0) is 0 Å². The number of hydrogen-bond acceptors (Lipinski definition) is 0. The second-order valence-corrected chi connectivity index (χ2v) is 20.0. The van der Waals surface area contributed by atoms with E-state index in [0.29, 0.717) is 0 Å². The van der Waals surface area contributed by atoms with Gasteiger partial charge in [-0.3, -0.25) is 0 Å². The van der Waals surface area contributed by atoms with Gasteiger partial charge in [-0.2, -0.15) is 0 Å². The van der Waals surface area contributed by atoms with Gasteiger partial charge in [0.05, 0.1) is 24.6 Å². The van der Waals surface area contributed by atoms with Crippen LogP contribution >= 0.6 is 7.26 Å².